The second-order valence-electron chi connectivity index (χ2n) is 10.9. The van der Waals surface area contributed by atoms with Gasteiger partial charge < -0.3 is 14.0 Å². The van der Waals surface area contributed by atoms with Crippen LogP contribution in [0.3, 0.4) is 0 Å². The molecule has 188 valence electrons. The average Bonchev–Trinajstić information content (AvgIpc) is 3.04. The number of hydrogen-bond donors (Lipinski definition) is 0. The Morgan fingerprint density at radius 1 is 1.11 bits per heavy atom. The normalized spacial score (nSPS) is 29.0. The van der Waals surface area contributed by atoms with Crippen LogP contribution in [0.1, 0.15) is 66.7 Å². The number of ether oxygens (including phenoxy) is 2. The second-order valence-corrected chi connectivity index (χ2v) is 12.5. The molecule has 35 heavy (non-hydrogen) atoms. The van der Waals surface area contributed by atoms with Gasteiger partial charge in [0.15, 0.2) is 6.61 Å². The maximum absolute atomic E-state index is 13.0. The minimum absolute atomic E-state index is 0.00371. The number of aromatic nitrogens is 1. The SMILES string of the molecule is Cc1cc(C(=O)COC(=O)CC23C[C@@H]4C[C@@H](CC(Br)(C4)C2)C3)c(C)n1-c1ccc(OC(F)F)cc1. The first-order valence-corrected chi connectivity index (χ1v) is 13.0. The van der Waals surface area contributed by atoms with Crippen molar-refractivity contribution in [2.24, 2.45) is 17.3 Å². The fourth-order valence-electron chi connectivity index (χ4n) is 7.34. The highest BCUT2D eigenvalue weighted by atomic mass is 79.9. The van der Waals surface area contributed by atoms with E-state index in [-0.39, 0.29) is 33.8 Å². The highest BCUT2D eigenvalue weighted by molar-refractivity contribution is 9.10. The van der Waals surface area contributed by atoms with Gasteiger partial charge in [0.05, 0.1) is 6.42 Å². The number of rotatable bonds is 8. The van der Waals surface area contributed by atoms with E-state index in [1.165, 1.54) is 31.4 Å². The lowest BCUT2D eigenvalue weighted by Gasteiger charge is -2.60. The fourth-order valence-corrected chi connectivity index (χ4v) is 8.85. The molecule has 2 aromatic rings. The fraction of sp³-hybridized carbons (Fsp3) is 0.556. The van der Waals surface area contributed by atoms with Crippen LogP contribution in [-0.4, -0.2) is 33.9 Å². The molecular weight excluding hydrogens is 520 g/mol. The third kappa shape index (κ3) is 4.91. The van der Waals surface area contributed by atoms with Crippen molar-refractivity contribution in [3.8, 4) is 11.4 Å². The van der Waals surface area contributed by atoms with E-state index in [0.29, 0.717) is 29.5 Å². The van der Waals surface area contributed by atoms with Crippen molar-refractivity contribution in [2.75, 3.05) is 6.61 Å². The number of ketones is 1. The van der Waals surface area contributed by atoms with E-state index < -0.39 is 6.61 Å². The zero-order valence-electron chi connectivity index (χ0n) is 20.0. The smallest absolute Gasteiger partial charge is 0.387 e. The Kier molecular flexibility index (Phi) is 6.31. The molecule has 6 rings (SSSR count). The standard InChI is InChI=1S/C27H30BrF2NO4/c1-16-7-22(17(2)31(16)20-3-5-21(6-4-20)35-25(29)30)23(32)14-34-24(33)13-26-9-18-8-19(10-26)12-27(28,11-18)15-26/h3-7,18-19,25H,8-15H2,1-2H3/t18-,19+,26?,27?. The number of nitrogens with zero attached hydrogens (tertiary/aromatic N) is 1. The van der Waals surface area contributed by atoms with Gasteiger partial charge in [-0.25, -0.2) is 0 Å². The molecule has 0 amide bonds. The van der Waals surface area contributed by atoms with E-state index in [1.807, 2.05) is 18.4 Å². The first-order valence-electron chi connectivity index (χ1n) is 12.2. The summed E-state index contributed by atoms with van der Waals surface area (Å²) < 4.78 is 36.8. The molecule has 1 aromatic heterocycles. The van der Waals surface area contributed by atoms with Gasteiger partial charge in [0.2, 0.25) is 5.78 Å². The molecule has 0 aliphatic heterocycles. The summed E-state index contributed by atoms with van der Waals surface area (Å²) in [5.74, 6) is 0.898. The van der Waals surface area contributed by atoms with Gasteiger partial charge in [-0.3, -0.25) is 9.59 Å². The first kappa shape index (κ1) is 24.5. The monoisotopic (exact) mass is 549 g/mol. The zero-order chi connectivity index (χ0) is 25.0. The predicted octanol–water partition coefficient (Wildman–Crippen LogP) is 6.55. The molecule has 4 fully saturated rings. The van der Waals surface area contributed by atoms with Crippen LogP contribution in [-0.2, 0) is 9.53 Å². The van der Waals surface area contributed by atoms with Gasteiger partial charge in [-0.15, -0.1) is 0 Å². The number of hydrogen-bond acceptors (Lipinski definition) is 4. The molecule has 1 heterocycles. The Labute approximate surface area is 212 Å². The summed E-state index contributed by atoms with van der Waals surface area (Å²) >= 11 is 3.98. The van der Waals surface area contributed by atoms with Crippen LogP contribution in [0.4, 0.5) is 8.78 Å². The number of alkyl halides is 3. The molecule has 4 atom stereocenters. The van der Waals surface area contributed by atoms with Crippen molar-refractivity contribution < 1.29 is 27.8 Å². The number of carbonyl (C=O) groups excluding carboxylic acids is 2. The molecule has 4 aliphatic carbocycles. The molecule has 2 unspecified atom stereocenters. The van der Waals surface area contributed by atoms with Crippen molar-refractivity contribution >= 4 is 27.7 Å². The van der Waals surface area contributed by atoms with Gasteiger partial charge in [-0.05, 0) is 100.0 Å². The van der Waals surface area contributed by atoms with Gasteiger partial charge in [0.25, 0.3) is 0 Å². The van der Waals surface area contributed by atoms with Gasteiger partial charge in [0.1, 0.15) is 5.75 Å². The number of aryl methyl sites for hydroxylation is 1. The van der Waals surface area contributed by atoms with E-state index in [1.54, 1.807) is 18.2 Å². The van der Waals surface area contributed by atoms with E-state index in [0.717, 1.165) is 30.6 Å². The molecule has 1 aromatic carbocycles. The maximum atomic E-state index is 13.0. The maximum Gasteiger partial charge on any atom is 0.387 e. The van der Waals surface area contributed by atoms with Gasteiger partial charge in [-0.2, -0.15) is 8.78 Å². The summed E-state index contributed by atoms with van der Waals surface area (Å²) in [6.07, 6.45) is 7.25. The Balaban J connectivity index is 1.23. The summed E-state index contributed by atoms with van der Waals surface area (Å²) in [4.78, 5) is 25.8. The van der Waals surface area contributed by atoms with Crippen molar-refractivity contribution in [1.82, 2.24) is 4.57 Å². The molecule has 4 bridgehead atoms. The Morgan fingerprint density at radius 3 is 2.37 bits per heavy atom. The number of carbonyl (C=O) groups is 2. The van der Waals surface area contributed by atoms with Gasteiger partial charge in [-0.1, -0.05) is 15.9 Å². The van der Waals surface area contributed by atoms with Crippen molar-refractivity contribution in [2.45, 2.75) is 69.7 Å². The lowest BCUT2D eigenvalue weighted by molar-refractivity contribution is -0.149. The molecule has 4 saturated carbocycles. The molecule has 4 aliphatic rings. The Morgan fingerprint density at radius 2 is 1.77 bits per heavy atom. The van der Waals surface area contributed by atoms with E-state index in [9.17, 15) is 18.4 Å². The van der Waals surface area contributed by atoms with Crippen LogP contribution in [0, 0.1) is 31.1 Å². The molecule has 8 heteroatoms. The number of halogens is 3. The minimum Gasteiger partial charge on any atom is -0.457 e. The number of benzene rings is 1. The van der Waals surface area contributed by atoms with Crippen LogP contribution in [0.2, 0.25) is 0 Å². The van der Waals surface area contributed by atoms with Crippen LogP contribution >= 0.6 is 15.9 Å². The van der Waals surface area contributed by atoms with Gasteiger partial charge >= 0.3 is 12.6 Å². The van der Waals surface area contributed by atoms with Crippen LogP contribution in [0.25, 0.3) is 5.69 Å². The van der Waals surface area contributed by atoms with E-state index in [2.05, 4.69) is 20.7 Å². The molecule has 0 saturated heterocycles. The quantitative estimate of drug-likeness (QED) is 0.213. The third-order valence-electron chi connectivity index (χ3n) is 8.05. The highest BCUT2D eigenvalue weighted by Gasteiger charge is 2.57. The molecular formula is C27H30BrF2NO4. The van der Waals surface area contributed by atoms with Crippen LogP contribution in [0.5, 0.6) is 5.75 Å². The van der Waals surface area contributed by atoms with Crippen molar-refractivity contribution in [1.29, 1.82) is 0 Å². The van der Waals surface area contributed by atoms with Gasteiger partial charge in [0, 0.05) is 27.0 Å². The zero-order valence-corrected chi connectivity index (χ0v) is 21.6. The van der Waals surface area contributed by atoms with Crippen LogP contribution in [0.15, 0.2) is 30.3 Å². The predicted molar refractivity (Wildman–Crippen MR) is 131 cm³/mol. The highest BCUT2D eigenvalue weighted by Crippen LogP contribution is 2.65. The average molecular weight is 550 g/mol. The number of Topliss-reactive ketones (excluding diaryl/α,β-unsaturated/α-hetero) is 1. The largest absolute Gasteiger partial charge is 0.457 e. The number of esters is 1. The molecule has 0 N–H and O–H groups in total. The summed E-state index contributed by atoms with van der Waals surface area (Å²) in [6.45, 7) is 0.512. The summed E-state index contributed by atoms with van der Waals surface area (Å²) in [5.41, 5.74) is 2.73. The summed E-state index contributed by atoms with van der Waals surface area (Å²) in [5, 5.41) is 0. The lowest BCUT2D eigenvalue weighted by atomic mass is 9.49. The minimum atomic E-state index is -2.88. The lowest BCUT2D eigenvalue weighted by Crippen LogP contribution is -2.53. The van der Waals surface area contributed by atoms with E-state index in [4.69, 9.17) is 4.74 Å². The Hall–Kier alpha value is -2.22. The molecule has 0 spiro atoms. The molecule has 5 nitrogen and oxygen atoms in total. The van der Waals surface area contributed by atoms with Crippen LogP contribution < -0.4 is 4.74 Å². The Bertz CT molecular complexity index is 1130. The third-order valence-corrected chi connectivity index (χ3v) is 8.97. The van der Waals surface area contributed by atoms with Crippen molar-refractivity contribution in [3.63, 3.8) is 0 Å². The van der Waals surface area contributed by atoms with Crippen molar-refractivity contribution in [3.05, 3.63) is 47.3 Å². The summed E-state index contributed by atoms with van der Waals surface area (Å²) in [7, 11) is 0. The molecule has 0 radical (unpaired) electrons. The second kappa shape index (κ2) is 9.02. The summed E-state index contributed by atoms with van der Waals surface area (Å²) in [6, 6.07) is 8.02. The topological polar surface area (TPSA) is 57.5 Å². The first-order chi connectivity index (χ1) is 16.5. The van der Waals surface area contributed by atoms with E-state index >= 15 is 0 Å².